The quantitative estimate of drug-likeness (QED) is 0.732. The van der Waals surface area contributed by atoms with Gasteiger partial charge < -0.3 is 5.11 Å². The van der Waals surface area contributed by atoms with Gasteiger partial charge in [-0.1, -0.05) is 11.6 Å². The summed E-state index contributed by atoms with van der Waals surface area (Å²) >= 11 is 5.30. The van der Waals surface area contributed by atoms with Crippen molar-refractivity contribution in [1.82, 2.24) is 0 Å². The monoisotopic (exact) mass is 221 g/mol. The molecule has 0 aliphatic rings. The predicted molar refractivity (Wildman–Crippen MR) is 42.8 cm³/mol. The van der Waals surface area contributed by atoms with Gasteiger partial charge in [-0.3, -0.25) is 0 Å². The van der Waals surface area contributed by atoms with Crippen LogP contribution in [0.5, 0.6) is 5.75 Å². The van der Waals surface area contributed by atoms with Crippen LogP contribution in [0.2, 0.25) is 5.02 Å². The van der Waals surface area contributed by atoms with Crippen LogP contribution in [0.4, 0.5) is 13.2 Å². The molecular formula is C8H3ClF3NO. The number of nitriles is 1. The first-order valence-corrected chi connectivity index (χ1v) is 3.74. The van der Waals surface area contributed by atoms with E-state index in [4.69, 9.17) is 22.0 Å². The number of benzene rings is 1. The van der Waals surface area contributed by atoms with Crippen molar-refractivity contribution in [3.63, 3.8) is 0 Å². The van der Waals surface area contributed by atoms with E-state index in [1.54, 1.807) is 0 Å². The molecule has 0 amide bonds. The number of rotatable bonds is 0. The van der Waals surface area contributed by atoms with Crippen LogP contribution in [0.25, 0.3) is 0 Å². The molecule has 1 aromatic carbocycles. The molecule has 74 valence electrons. The Kier molecular flexibility index (Phi) is 2.58. The summed E-state index contributed by atoms with van der Waals surface area (Å²) in [6.07, 6.45) is -4.58. The first-order valence-electron chi connectivity index (χ1n) is 3.36. The van der Waals surface area contributed by atoms with E-state index in [1.165, 1.54) is 6.07 Å². The van der Waals surface area contributed by atoms with E-state index in [2.05, 4.69) is 0 Å². The summed E-state index contributed by atoms with van der Waals surface area (Å²) in [6.45, 7) is 0. The molecule has 1 aromatic rings. The summed E-state index contributed by atoms with van der Waals surface area (Å²) in [5.41, 5.74) is -1.55. The Morgan fingerprint density at radius 1 is 1.36 bits per heavy atom. The third-order valence-electron chi connectivity index (χ3n) is 1.51. The highest BCUT2D eigenvalue weighted by atomic mass is 35.5. The summed E-state index contributed by atoms with van der Waals surface area (Å²) in [4.78, 5) is 0. The molecule has 1 rings (SSSR count). The number of hydrogen-bond acceptors (Lipinski definition) is 2. The highest BCUT2D eigenvalue weighted by Crippen LogP contribution is 2.36. The van der Waals surface area contributed by atoms with Crippen molar-refractivity contribution >= 4 is 11.6 Å². The largest absolute Gasteiger partial charge is 0.505 e. The molecule has 6 heteroatoms. The van der Waals surface area contributed by atoms with Gasteiger partial charge in [-0.15, -0.1) is 0 Å². The minimum absolute atomic E-state index is 0.489. The summed E-state index contributed by atoms with van der Waals surface area (Å²) in [5, 5.41) is 17.0. The number of alkyl halides is 3. The van der Waals surface area contributed by atoms with Crippen molar-refractivity contribution in [2.45, 2.75) is 6.18 Å². The molecule has 0 radical (unpaired) electrons. The fraction of sp³-hybridized carbons (Fsp3) is 0.125. The number of hydrogen-bond donors (Lipinski definition) is 1. The maximum atomic E-state index is 12.2. The molecule has 0 saturated heterocycles. The van der Waals surface area contributed by atoms with Crippen LogP contribution in [-0.2, 0) is 6.18 Å². The van der Waals surface area contributed by atoms with E-state index in [1.807, 2.05) is 0 Å². The second-order valence-electron chi connectivity index (χ2n) is 2.46. The summed E-state index contributed by atoms with van der Waals surface area (Å²) in [7, 11) is 0. The van der Waals surface area contributed by atoms with E-state index < -0.39 is 28.1 Å². The van der Waals surface area contributed by atoms with Gasteiger partial charge in [0.2, 0.25) is 0 Å². The van der Waals surface area contributed by atoms with Crippen LogP contribution in [0.1, 0.15) is 11.1 Å². The Balaban J connectivity index is 3.40. The number of phenolic OH excluding ortho intramolecular Hbond substituents is 1. The maximum absolute atomic E-state index is 12.2. The van der Waals surface area contributed by atoms with Gasteiger partial charge in [-0.05, 0) is 12.1 Å². The summed E-state index contributed by atoms with van der Waals surface area (Å²) in [5.74, 6) is -0.637. The first-order chi connectivity index (χ1) is 6.36. The molecule has 0 spiro atoms. The molecule has 0 aliphatic heterocycles. The molecule has 2 nitrogen and oxygen atoms in total. The van der Waals surface area contributed by atoms with Gasteiger partial charge in [0, 0.05) is 0 Å². The Morgan fingerprint density at radius 2 is 1.93 bits per heavy atom. The standard InChI is InChI=1S/C8H3ClF3NO/c9-6-2-5(8(10,11)12)1-4(3-13)7(6)14/h1-2,14H. The molecule has 0 aromatic heterocycles. The van der Waals surface area contributed by atoms with Gasteiger partial charge in [-0.25, -0.2) is 0 Å². The smallest absolute Gasteiger partial charge is 0.416 e. The Bertz CT molecular complexity index is 408. The summed E-state index contributed by atoms with van der Waals surface area (Å²) < 4.78 is 36.5. The van der Waals surface area contributed by atoms with E-state index in [0.29, 0.717) is 12.1 Å². The van der Waals surface area contributed by atoms with Crippen LogP contribution in [-0.4, -0.2) is 5.11 Å². The van der Waals surface area contributed by atoms with Crippen LogP contribution >= 0.6 is 11.6 Å². The molecule has 0 unspecified atom stereocenters. The van der Waals surface area contributed by atoms with Crippen LogP contribution in [0.3, 0.4) is 0 Å². The predicted octanol–water partition coefficient (Wildman–Crippen LogP) is 2.94. The lowest BCUT2D eigenvalue weighted by Crippen LogP contribution is -2.05. The van der Waals surface area contributed by atoms with Crippen molar-refractivity contribution < 1.29 is 18.3 Å². The number of aromatic hydroxyl groups is 1. The fourth-order valence-electron chi connectivity index (χ4n) is 0.848. The lowest BCUT2D eigenvalue weighted by Gasteiger charge is -2.08. The van der Waals surface area contributed by atoms with Gasteiger partial charge in [0.15, 0.2) is 5.75 Å². The Hall–Kier alpha value is -1.41. The Labute approximate surface area is 82.1 Å². The first kappa shape index (κ1) is 10.7. The average Bonchev–Trinajstić information content (AvgIpc) is 2.07. The minimum atomic E-state index is -4.58. The van der Waals surface area contributed by atoms with Gasteiger partial charge in [0.25, 0.3) is 0 Å². The van der Waals surface area contributed by atoms with Crippen molar-refractivity contribution in [3.8, 4) is 11.8 Å². The third-order valence-corrected chi connectivity index (χ3v) is 1.80. The molecule has 0 heterocycles. The van der Waals surface area contributed by atoms with Crippen molar-refractivity contribution in [1.29, 1.82) is 5.26 Å². The van der Waals surface area contributed by atoms with Crippen LogP contribution < -0.4 is 0 Å². The maximum Gasteiger partial charge on any atom is 0.416 e. The summed E-state index contributed by atoms with van der Waals surface area (Å²) in [6, 6.07) is 2.52. The van der Waals surface area contributed by atoms with E-state index in [9.17, 15) is 13.2 Å². The number of halogens is 4. The molecule has 1 N–H and O–H groups in total. The fourth-order valence-corrected chi connectivity index (χ4v) is 1.07. The third kappa shape index (κ3) is 1.91. The molecule has 0 aliphatic carbocycles. The van der Waals surface area contributed by atoms with E-state index >= 15 is 0 Å². The van der Waals surface area contributed by atoms with Crippen LogP contribution in [0.15, 0.2) is 12.1 Å². The zero-order valence-electron chi connectivity index (χ0n) is 6.56. The highest BCUT2D eigenvalue weighted by Gasteiger charge is 2.32. The lowest BCUT2D eigenvalue weighted by atomic mass is 10.1. The van der Waals surface area contributed by atoms with Gasteiger partial charge in [0.05, 0.1) is 16.1 Å². The topological polar surface area (TPSA) is 44.0 Å². The SMILES string of the molecule is N#Cc1cc(C(F)(F)F)cc(Cl)c1O. The van der Waals surface area contributed by atoms with Gasteiger partial charge >= 0.3 is 6.18 Å². The molecule has 0 saturated carbocycles. The minimum Gasteiger partial charge on any atom is -0.505 e. The molecule has 0 atom stereocenters. The van der Waals surface area contributed by atoms with Crippen molar-refractivity contribution in [2.24, 2.45) is 0 Å². The number of phenols is 1. The second kappa shape index (κ2) is 3.39. The normalized spacial score (nSPS) is 11.1. The lowest BCUT2D eigenvalue weighted by molar-refractivity contribution is -0.137. The Morgan fingerprint density at radius 3 is 2.36 bits per heavy atom. The highest BCUT2D eigenvalue weighted by molar-refractivity contribution is 6.32. The molecular weight excluding hydrogens is 219 g/mol. The molecule has 0 bridgehead atoms. The average molecular weight is 222 g/mol. The van der Waals surface area contributed by atoms with Gasteiger partial charge in [0.1, 0.15) is 6.07 Å². The second-order valence-corrected chi connectivity index (χ2v) is 2.87. The van der Waals surface area contributed by atoms with Crippen molar-refractivity contribution in [2.75, 3.05) is 0 Å². The van der Waals surface area contributed by atoms with Crippen LogP contribution in [0, 0.1) is 11.3 Å². The number of nitrogens with zero attached hydrogens (tertiary/aromatic N) is 1. The van der Waals surface area contributed by atoms with E-state index in [-0.39, 0.29) is 0 Å². The van der Waals surface area contributed by atoms with Gasteiger partial charge in [-0.2, -0.15) is 18.4 Å². The zero-order valence-corrected chi connectivity index (χ0v) is 7.32. The molecule has 14 heavy (non-hydrogen) atoms. The zero-order chi connectivity index (χ0) is 10.9. The van der Waals surface area contributed by atoms with Crippen molar-refractivity contribution in [3.05, 3.63) is 28.3 Å². The van der Waals surface area contributed by atoms with E-state index in [0.717, 1.165) is 0 Å². The molecule has 0 fully saturated rings.